The molecule has 1 aromatic carbocycles. The van der Waals surface area contributed by atoms with Crippen LogP contribution in [-0.4, -0.2) is 30.1 Å². The highest BCUT2D eigenvalue weighted by atomic mass is 16.5. The van der Waals surface area contributed by atoms with E-state index < -0.39 is 24.3 Å². The first-order valence-corrected chi connectivity index (χ1v) is 4.89. The molecule has 2 atom stereocenters. The van der Waals surface area contributed by atoms with Gasteiger partial charge in [0.15, 0.2) is 0 Å². The number of amides is 1. The van der Waals surface area contributed by atoms with Crippen molar-refractivity contribution < 1.29 is 22.2 Å². The highest BCUT2D eigenvalue weighted by Gasteiger charge is 2.18. The predicted octanol–water partition coefficient (Wildman–Crippen LogP) is 0.827. The maximum Gasteiger partial charge on any atom is 0.326 e. The van der Waals surface area contributed by atoms with Gasteiger partial charge in [0, 0.05) is 14.7 Å². The molecule has 0 saturated heterocycles. The zero-order chi connectivity index (χ0) is 14.6. The summed E-state index contributed by atoms with van der Waals surface area (Å²) in [6, 6.07) is 3.68. The van der Waals surface area contributed by atoms with Crippen molar-refractivity contribution in [3.05, 3.63) is 29.8 Å². The fourth-order valence-corrected chi connectivity index (χ4v) is 1.21. The summed E-state index contributed by atoms with van der Waals surface area (Å²) in [6.45, 7) is 1.10. The number of carbonyl (C=O) groups is 2. The minimum atomic E-state index is -2.43. The smallest absolute Gasteiger partial charge is 0.326 e. The van der Waals surface area contributed by atoms with Gasteiger partial charge in [0.25, 0.3) is 0 Å². The van der Waals surface area contributed by atoms with Crippen LogP contribution in [0.15, 0.2) is 24.3 Å². The molecule has 92 valence electrons. The molecule has 1 rings (SSSR count). The molecule has 0 radical (unpaired) electrons. The van der Waals surface area contributed by atoms with Crippen LogP contribution in [0, 0.1) is 0 Å². The fourth-order valence-electron chi connectivity index (χ4n) is 1.21. The van der Waals surface area contributed by atoms with Crippen molar-refractivity contribution in [1.29, 1.82) is 0 Å². The normalized spacial score (nSPS) is 17.1. The van der Waals surface area contributed by atoms with Crippen LogP contribution in [0.5, 0.6) is 5.75 Å². The number of aliphatic carboxylic acids is 1. The number of carboxylic acids is 1. The first-order valence-electron chi connectivity index (χ1n) is 5.97. The molecule has 5 nitrogen and oxygen atoms in total. The Morgan fingerprint density at radius 1 is 1.53 bits per heavy atom. The van der Waals surface area contributed by atoms with Crippen molar-refractivity contribution in [2.75, 3.05) is 7.11 Å². The molecule has 0 heterocycles. The number of hydrogen-bond donors (Lipinski definition) is 2. The van der Waals surface area contributed by atoms with Gasteiger partial charge in [0.1, 0.15) is 11.8 Å². The molecule has 1 aromatic rings. The Morgan fingerprint density at radius 3 is 2.53 bits per heavy atom. The lowest BCUT2D eigenvalue weighted by molar-refractivity contribution is -0.141. The number of hydrogen-bond acceptors (Lipinski definition) is 3. The summed E-state index contributed by atoms with van der Waals surface area (Å²) in [4.78, 5) is 22.1. The van der Waals surface area contributed by atoms with Crippen LogP contribution in [0.25, 0.3) is 0 Å². The second-order valence-corrected chi connectivity index (χ2v) is 3.32. The Labute approximate surface area is 102 Å². The fraction of sp³-hybridized carbons (Fsp3) is 0.333. The van der Waals surface area contributed by atoms with E-state index in [2.05, 4.69) is 0 Å². The van der Waals surface area contributed by atoms with E-state index in [1.807, 2.05) is 5.32 Å². The maximum atomic E-state index is 11.1. The van der Waals surface area contributed by atoms with E-state index in [4.69, 9.17) is 12.6 Å². The first-order chi connectivity index (χ1) is 8.81. The van der Waals surface area contributed by atoms with Crippen LogP contribution in [0.2, 0.25) is 0 Å². The van der Waals surface area contributed by atoms with Gasteiger partial charge in [-0.05, 0) is 17.7 Å². The lowest BCUT2D eigenvalue weighted by Gasteiger charge is -2.13. The zero-order valence-electron chi connectivity index (χ0n) is 11.6. The van der Waals surface area contributed by atoms with E-state index >= 15 is 0 Å². The Morgan fingerprint density at radius 2 is 2.12 bits per heavy atom. The highest BCUT2D eigenvalue weighted by Crippen LogP contribution is 2.12. The van der Waals surface area contributed by atoms with E-state index in [0.29, 0.717) is 11.3 Å². The van der Waals surface area contributed by atoms with E-state index in [-0.39, 0.29) is 0 Å². The van der Waals surface area contributed by atoms with Gasteiger partial charge in [-0.25, -0.2) is 4.79 Å². The number of rotatable bonds is 5. The molecule has 0 fully saturated rings. The number of ether oxygens (including phenoxy) is 1. The molecule has 5 heteroatoms. The minimum absolute atomic E-state index is 0.298. The molecule has 0 saturated carbocycles. The van der Waals surface area contributed by atoms with Crippen LogP contribution < -0.4 is 10.1 Å². The molecule has 0 unspecified atom stereocenters. The van der Waals surface area contributed by atoms with Gasteiger partial charge >= 0.3 is 5.97 Å². The molecule has 2 N–H and O–H groups in total. The molecular weight excluding hydrogens is 222 g/mol. The van der Waals surface area contributed by atoms with Gasteiger partial charge in [0.05, 0.1) is 8.48 Å². The summed E-state index contributed by atoms with van der Waals surface area (Å²) >= 11 is 0. The minimum Gasteiger partial charge on any atom is -0.497 e. The van der Waals surface area contributed by atoms with Crippen LogP contribution in [-0.2, 0) is 16.0 Å². The number of nitrogens with one attached hydrogen (secondary N) is 1. The maximum absolute atomic E-state index is 11.1. The van der Waals surface area contributed by atoms with Gasteiger partial charge in [-0.2, -0.15) is 0 Å². The van der Waals surface area contributed by atoms with Crippen molar-refractivity contribution in [2.45, 2.75) is 19.3 Å². The summed E-state index contributed by atoms with van der Waals surface area (Å²) in [6.07, 6.45) is -1.46. The molecule has 0 aliphatic carbocycles. The van der Waals surface area contributed by atoms with Gasteiger partial charge in [-0.3, -0.25) is 4.79 Å². The molecule has 0 bridgehead atoms. The topological polar surface area (TPSA) is 75.6 Å². The third-order valence-electron chi connectivity index (χ3n) is 1.97. The van der Waals surface area contributed by atoms with Gasteiger partial charge < -0.3 is 15.2 Å². The Hall–Kier alpha value is -2.04. The number of carbonyl (C=O) groups excluding carboxylic acids is 1. The van der Waals surface area contributed by atoms with Crippen LogP contribution in [0.1, 0.15) is 15.2 Å². The lowest BCUT2D eigenvalue weighted by atomic mass is 10.1. The molecular formula is C12H15NO4. The number of carboxylic acid groups (broad SMARTS) is 1. The van der Waals surface area contributed by atoms with E-state index in [1.54, 1.807) is 12.1 Å². The molecule has 0 aliphatic rings. The summed E-state index contributed by atoms with van der Waals surface area (Å²) in [5.74, 6) is -1.71. The average Bonchev–Trinajstić information content (AvgIpc) is 2.36. The SMILES string of the molecule is [2H][C@H](c1ccc(OC)cc1)[C@@]([2H])(NC(C)=O)C(=O)O. The highest BCUT2D eigenvalue weighted by molar-refractivity contribution is 5.82. The molecule has 0 spiro atoms. The number of methoxy groups -OCH3 is 1. The molecule has 0 aliphatic heterocycles. The molecule has 17 heavy (non-hydrogen) atoms. The van der Waals surface area contributed by atoms with Gasteiger partial charge in [0.2, 0.25) is 5.91 Å². The van der Waals surface area contributed by atoms with Crippen molar-refractivity contribution in [2.24, 2.45) is 0 Å². The van der Waals surface area contributed by atoms with Crippen LogP contribution in [0.4, 0.5) is 0 Å². The summed E-state index contributed by atoms with van der Waals surface area (Å²) in [7, 11) is 1.48. The summed E-state index contributed by atoms with van der Waals surface area (Å²) in [5, 5.41) is 11.1. The average molecular weight is 239 g/mol. The molecule has 1 amide bonds. The van der Waals surface area contributed by atoms with Crippen molar-refractivity contribution in [3.8, 4) is 5.75 Å². The Bertz CT molecular complexity index is 477. The largest absolute Gasteiger partial charge is 0.497 e. The van der Waals surface area contributed by atoms with Crippen molar-refractivity contribution >= 4 is 11.9 Å². The monoisotopic (exact) mass is 239 g/mol. The van der Waals surface area contributed by atoms with E-state index in [1.165, 1.54) is 19.2 Å². The second-order valence-electron chi connectivity index (χ2n) is 3.32. The van der Waals surface area contributed by atoms with Crippen LogP contribution in [0.3, 0.4) is 0 Å². The quantitative estimate of drug-likeness (QED) is 0.798. The summed E-state index contributed by atoms with van der Waals surface area (Å²) < 4.78 is 20.6. The number of benzene rings is 1. The third kappa shape index (κ3) is 4.14. The van der Waals surface area contributed by atoms with E-state index in [9.17, 15) is 9.59 Å². The Balaban J connectivity index is 3.08. The van der Waals surface area contributed by atoms with Gasteiger partial charge in [-0.1, -0.05) is 12.1 Å². The van der Waals surface area contributed by atoms with Gasteiger partial charge in [-0.15, -0.1) is 0 Å². The van der Waals surface area contributed by atoms with Crippen LogP contribution >= 0.6 is 0 Å². The molecule has 0 aromatic heterocycles. The third-order valence-corrected chi connectivity index (χ3v) is 1.97. The van der Waals surface area contributed by atoms with Crippen molar-refractivity contribution in [3.63, 3.8) is 0 Å². The lowest BCUT2D eigenvalue weighted by Crippen LogP contribution is -2.41. The standard InChI is InChI=1S/C12H15NO4/c1-8(14)13-11(12(15)16)7-9-3-5-10(17-2)6-4-9/h3-6,11H,7H2,1-2H3,(H,13,14)(H,15,16)/t11-/m1/s1/i7D,11D/t7-,11-. The second kappa shape index (κ2) is 5.89. The summed E-state index contributed by atoms with van der Waals surface area (Å²) in [5.41, 5.74) is 0.298. The Kier molecular flexibility index (Phi) is 3.51. The zero-order valence-corrected chi connectivity index (χ0v) is 9.56. The first kappa shape index (κ1) is 10.1. The van der Waals surface area contributed by atoms with E-state index in [0.717, 1.165) is 6.92 Å². The van der Waals surface area contributed by atoms with Crippen molar-refractivity contribution in [1.82, 2.24) is 5.32 Å². The predicted molar refractivity (Wildman–Crippen MR) is 61.9 cm³/mol.